The van der Waals surface area contributed by atoms with Crippen LogP contribution < -0.4 is 5.48 Å². The van der Waals surface area contributed by atoms with E-state index in [1.807, 2.05) is 18.2 Å². The van der Waals surface area contributed by atoms with Gasteiger partial charge >= 0.3 is 0 Å². The van der Waals surface area contributed by atoms with Crippen molar-refractivity contribution in [1.29, 1.82) is 0 Å². The second-order valence-corrected chi connectivity index (χ2v) is 3.64. The van der Waals surface area contributed by atoms with Crippen molar-refractivity contribution in [2.75, 3.05) is 6.54 Å². The molecule has 0 fully saturated rings. The van der Waals surface area contributed by atoms with E-state index in [1.54, 1.807) is 0 Å². The van der Waals surface area contributed by atoms with Gasteiger partial charge in [-0.05, 0) is 11.5 Å². The predicted molar refractivity (Wildman–Crippen MR) is 58.7 cm³/mol. The molecule has 0 aliphatic rings. The maximum atomic E-state index is 5.34. The Balaban J connectivity index is 2.10. The minimum Gasteiger partial charge on any atom is -0.297 e. The molecule has 0 heterocycles. The third kappa shape index (κ3) is 4.40. The van der Waals surface area contributed by atoms with Gasteiger partial charge in [-0.25, -0.2) is 5.48 Å². The van der Waals surface area contributed by atoms with E-state index in [1.165, 1.54) is 12.0 Å². The predicted octanol–water partition coefficient (Wildman–Crippen LogP) is 2.75. The first-order chi connectivity index (χ1) is 6.83. The highest BCUT2D eigenvalue weighted by Crippen LogP contribution is 2.00. The van der Waals surface area contributed by atoms with Crippen LogP contribution in [0.5, 0.6) is 0 Å². The summed E-state index contributed by atoms with van der Waals surface area (Å²) < 4.78 is 0. The van der Waals surface area contributed by atoms with Gasteiger partial charge in [-0.2, -0.15) is 0 Å². The molecule has 1 unspecified atom stereocenters. The molecule has 0 bridgehead atoms. The maximum absolute atomic E-state index is 5.34. The van der Waals surface area contributed by atoms with Crippen molar-refractivity contribution in [2.45, 2.75) is 26.9 Å². The molecule has 0 aromatic heterocycles. The van der Waals surface area contributed by atoms with Gasteiger partial charge in [0.15, 0.2) is 0 Å². The van der Waals surface area contributed by atoms with Crippen LogP contribution in [-0.2, 0) is 11.4 Å². The number of rotatable bonds is 6. The topological polar surface area (TPSA) is 21.3 Å². The first kappa shape index (κ1) is 11.2. The summed E-state index contributed by atoms with van der Waals surface area (Å²) >= 11 is 0. The molecular formula is C12H19NO. The van der Waals surface area contributed by atoms with Crippen LogP contribution in [0.3, 0.4) is 0 Å². The van der Waals surface area contributed by atoms with Crippen LogP contribution in [0.1, 0.15) is 25.8 Å². The van der Waals surface area contributed by atoms with E-state index in [0.29, 0.717) is 12.5 Å². The summed E-state index contributed by atoms with van der Waals surface area (Å²) in [5.74, 6) is 0.672. The average molecular weight is 193 g/mol. The summed E-state index contributed by atoms with van der Waals surface area (Å²) in [7, 11) is 0. The van der Waals surface area contributed by atoms with E-state index in [9.17, 15) is 0 Å². The van der Waals surface area contributed by atoms with E-state index in [0.717, 1.165) is 6.54 Å². The second kappa shape index (κ2) is 6.57. The van der Waals surface area contributed by atoms with Gasteiger partial charge in [0.05, 0.1) is 6.61 Å². The minimum atomic E-state index is 0.636. The van der Waals surface area contributed by atoms with Crippen molar-refractivity contribution < 1.29 is 4.84 Å². The fourth-order valence-corrected chi connectivity index (χ4v) is 1.05. The zero-order chi connectivity index (χ0) is 10.2. The van der Waals surface area contributed by atoms with Crippen molar-refractivity contribution in [2.24, 2.45) is 5.92 Å². The van der Waals surface area contributed by atoms with Gasteiger partial charge in [-0.15, -0.1) is 0 Å². The largest absolute Gasteiger partial charge is 0.297 e. The molecule has 1 N–H and O–H groups in total. The first-order valence-electron chi connectivity index (χ1n) is 5.21. The molecule has 1 atom stereocenters. The Labute approximate surface area is 86.2 Å². The molecule has 0 saturated carbocycles. The molecule has 0 amide bonds. The molecule has 1 aromatic rings. The highest BCUT2D eigenvalue weighted by atomic mass is 16.6. The quantitative estimate of drug-likeness (QED) is 0.554. The Morgan fingerprint density at radius 1 is 1.29 bits per heavy atom. The molecule has 2 heteroatoms. The Morgan fingerprint density at radius 2 is 2.00 bits per heavy atom. The molecule has 1 aromatic carbocycles. The van der Waals surface area contributed by atoms with E-state index in [-0.39, 0.29) is 0 Å². The Bertz CT molecular complexity index is 235. The smallest absolute Gasteiger partial charge is 0.0933 e. The van der Waals surface area contributed by atoms with Gasteiger partial charge in [-0.1, -0.05) is 50.6 Å². The number of benzene rings is 1. The lowest BCUT2D eigenvalue weighted by molar-refractivity contribution is 0.0206. The monoisotopic (exact) mass is 193 g/mol. The fourth-order valence-electron chi connectivity index (χ4n) is 1.05. The molecule has 78 valence electrons. The van der Waals surface area contributed by atoms with Gasteiger partial charge in [0, 0.05) is 6.54 Å². The maximum Gasteiger partial charge on any atom is 0.0933 e. The van der Waals surface area contributed by atoms with Crippen molar-refractivity contribution in [3.63, 3.8) is 0 Å². The van der Waals surface area contributed by atoms with Gasteiger partial charge in [0.1, 0.15) is 0 Å². The zero-order valence-corrected chi connectivity index (χ0v) is 8.99. The molecule has 0 radical (unpaired) electrons. The van der Waals surface area contributed by atoms with Crippen LogP contribution in [0.2, 0.25) is 0 Å². The summed E-state index contributed by atoms with van der Waals surface area (Å²) in [6.07, 6.45) is 1.18. The summed E-state index contributed by atoms with van der Waals surface area (Å²) in [4.78, 5) is 5.34. The molecular weight excluding hydrogens is 174 g/mol. The van der Waals surface area contributed by atoms with Crippen LogP contribution in [0.4, 0.5) is 0 Å². The number of nitrogens with one attached hydrogen (secondary N) is 1. The molecule has 0 saturated heterocycles. The summed E-state index contributed by atoms with van der Waals surface area (Å²) in [6, 6.07) is 10.2. The first-order valence-corrected chi connectivity index (χ1v) is 5.21. The van der Waals surface area contributed by atoms with Crippen LogP contribution in [-0.4, -0.2) is 6.54 Å². The van der Waals surface area contributed by atoms with Crippen molar-refractivity contribution in [3.8, 4) is 0 Å². The molecule has 1 rings (SSSR count). The molecule has 2 nitrogen and oxygen atoms in total. The lowest BCUT2D eigenvalue weighted by Gasteiger charge is -2.09. The fraction of sp³-hybridized carbons (Fsp3) is 0.500. The molecule has 0 spiro atoms. The second-order valence-electron chi connectivity index (χ2n) is 3.64. The SMILES string of the molecule is CCC(C)CNOCc1ccccc1. The standard InChI is InChI=1S/C12H19NO/c1-3-11(2)9-13-14-10-12-7-5-4-6-8-12/h4-8,11,13H,3,9-10H2,1-2H3. The van der Waals surface area contributed by atoms with E-state index < -0.39 is 0 Å². The summed E-state index contributed by atoms with van der Waals surface area (Å²) in [5, 5.41) is 0. The Kier molecular flexibility index (Phi) is 5.27. The van der Waals surface area contributed by atoms with Gasteiger partial charge in [0.25, 0.3) is 0 Å². The summed E-state index contributed by atoms with van der Waals surface area (Å²) in [6.45, 7) is 5.95. The van der Waals surface area contributed by atoms with Crippen LogP contribution in [0, 0.1) is 5.92 Å². The lowest BCUT2D eigenvalue weighted by Crippen LogP contribution is -2.20. The minimum absolute atomic E-state index is 0.636. The zero-order valence-electron chi connectivity index (χ0n) is 8.99. The van der Waals surface area contributed by atoms with Gasteiger partial charge in [-0.3, -0.25) is 4.84 Å². The van der Waals surface area contributed by atoms with Crippen molar-refractivity contribution >= 4 is 0 Å². The molecule has 0 aliphatic heterocycles. The molecule has 0 aliphatic carbocycles. The lowest BCUT2D eigenvalue weighted by atomic mass is 10.1. The third-order valence-electron chi connectivity index (χ3n) is 2.31. The number of hydrogen-bond donors (Lipinski definition) is 1. The van der Waals surface area contributed by atoms with Crippen LogP contribution in [0.25, 0.3) is 0 Å². The normalized spacial score (nSPS) is 12.7. The number of hydroxylamine groups is 1. The van der Waals surface area contributed by atoms with E-state index in [4.69, 9.17) is 4.84 Å². The van der Waals surface area contributed by atoms with Gasteiger partial charge < -0.3 is 0 Å². The van der Waals surface area contributed by atoms with E-state index >= 15 is 0 Å². The highest BCUT2D eigenvalue weighted by Gasteiger charge is 1.97. The van der Waals surface area contributed by atoms with Crippen molar-refractivity contribution in [1.82, 2.24) is 5.48 Å². The van der Waals surface area contributed by atoms with E-state index in [2.05, 4.69) is 31.5 Å². The van der Waals surface area contributed by atoms with Crippen LogP contribution in [0.15, 0.2) is 30.3 Å². The van der Waals surface area contributed by atoms with Crippen LogP contribution >= 0.6 is 0 Å². The Hall–Kier alpha value is -0.860. The van der Waals surface area contributed by atoms with Crippen molar-refractivity contribution in [3.05, 3.63) is 35.9 Å². The Morgan fingerprint density at radius 3 is 2.64 bits per heavy atom. The summed E-state index contributed by atoms with van der Waals surface area (Å²) in [5.41, 5.74) is 4.18. The van der Waals surface area contributed by atoms with Gasteiger partial charge in [0.2, 0.25) is 0 Å². The number of hydrogen-bond acceptors (Lipinski definition) is 2. The third-order valence-corrected chi connectivity index (χ3v) is 2.31. The highest BCUT2D eigenvalue weighted by molar-refractivity contribution is 5.13. The average Bonchev–Trinajstić information content (AvgIpc) is 2.25. The molecule has 14 heavy (non-hydrogen) atoms.